The fourth-order valence-corrected chi connectivity index (χ4v) is 3.54. The predicted octanol–water partition coefficient (Wildman–Crippen LogP) is 1.08. The molecular formula is C17H22N8O2. The summed E-state index contributed by atoms with van der Waals surface area (Å²) >= 11 is 0. The second-order valence-electron chi connectivity index (χ2n) is 6.84. The summed E-state index contributed by atoms with van der Waals surface area (Å²) in [5.74, 6) is 2.83. The molecule has 0 saturated carbocycles. The van der Waals surface area contributed by atoms with E-state index in [4.69, 9.17) is 4.42 Å². The van der Waals surface area contributed by atoms with Crippen LogP contribution in [0.25, 0.3) is 0 Å². The van der Waals surface area contributed by atoms with Crippen LogP contribution in [0.1, 0.15) is 52.5 Å². The van der Waals surface area contributed by atoms with Gasteiger partial charge in [-0.2, -0.15) is 5.10 Å². The molecule has 3 aromatic heterocycles. The number of hydrogen-bond acceptors (Lipinski definition) is 7. The van der Waals surface area contributed by atoms with Gasteiger partial charge in [-0.05, 0) is 19.8 Å². The van der Waals surface area contributed by atoms with Gasteiger partial charge in [-0.3, -0.25) is 4.79 Å². The summed E-state index contributed by atoms with van der Waals surface area (Å²) in [5, 5.41) is 12.8. The van der Waals surface area contributed by atoms with Crippen LogP contribution >= 0.6 is 0 Å². The van der Waals surface area contributed by atoms with Crippen molar-refractivity contribution in [2.45, 2.75) is 39.2 Å². The van der Waals surface area contributed by atoms with E-state index in [2.05, 4.69) is 25.3 Å². The Hall–Kier alpha value is -3.04. The van der Waals surface area contributed by atoms with E-state index in [1.807, 2.05) is 16.5 Å². The number of amides is 1. The molecule has 0 atom stereocenters. The minimum absolute atomic E-state index is 0.0867. The lowest BCUT2D eigenvalue weighted by Gasteiger charge is -2.31. The van der Waals surface area contributed by atoms with Gasteiger partial charge >= 0.3 is 0 Å². The number of carbonyl (C=O) groups is 1. The van der Waals surface area contributed by atoms with Gasteiger partial charge in [0.1, 0.15) is 25.0 Å². The van der Waals surface area contributed by atoms with Crippen LogP contribution in [0, 0.1) is 13.8 Å². The van der Waals surface area contributed by atoms with Gasteiger partial charge in [-0.1, -0.05) is 0 Å². The van der Waals surface area contributed by atoms with Crippen molar-refractivity contribution >= 4 is 5.91 Å². The Morgan fingerprint density at radius 1 is 1.26 bits per heavy atom. The summed E-state index contributed by atoms with van der Waals surface area (Å²) < 4.78 is 9.21. The second kappa shape index (κ2) is 6.93. The normalized spacial score (nSPS) is 15.4. The smallest absolute Gasteiger partial charge is 0.291 e. The predicted molar refractivity (Wildman–Crippen MR) is 94.0 cm³/mol. The number of rotatable bonds is 4. The minimum Gasteiger partial charge on any atom is -0.436 e. The maximum absolute atomic E-state index is 12.7. The van der Waals surface area contributed by atoms with E-state index in [1.165, 1.54) is 6.33 Å². The van der Waals surface area contributed by atoms with Crippen molar-refractivity contribution in [2.75, 3.05) is 13.1 Å². The third-order valence-electron chi connectivity index (χ3n) is 5.01. The largest absolute Gasteiger partial charge is 0.436 e. The Bertz CT molecular complexity index is 934. The van der Waals surface area contributed by atoms with Gasteiger partial charge in [-0.15, -0.1) is 10.2 Å². The molecule has 0 aliphatic carbocycles. The van der Waals surface area contributed by atoms with Crippen molar-refractivity contribution in [3.8, 4) is 0 Å². The summed E-state index contributed by atoms with van der Waals surface area (Å²) in [6.07, 6.45) is 4.84. The van der Waals surface area contributed by atoms with Gasteiger partial charge in [0.05, 0.1) is 5.69 Å². The summed E-state index contributed by atoms with van der Waals surface area (Å²) in [7, 11) is 1.97. The van der Waals surface area contributed by atoms with Crippen LogP contribution in [0.5, 0.6) is 0 Å². The minimum atomic E-state index is -0.0867. The summed E-state index contributed by atoms with van der Waals surface area (Å²) in [4.78, 5) is 22.6. The molecule has 4 rings (SSSR count). The molecule has 0 radical (unpaired) electrons. The first-order valence-electron chi connectivity index (χ1n) is 8.97. The van der Waals surface area contributed by atoms with Crippen molar-refractivity contribution in [2.24, 2.45) is 7.05 Å². The molecule has 142 valence electrons. The van der Waals surface area contributed by atoms with Crippen LogP contribution < -0.4 is 0 Å². The summed E-state index contributed by atoms with van der Waals surface area (Å²) in [6, 6.07) is 0. The monoisotopic (exact) mass is 370 g/mol. The molecule has 1 saturated heterocycles. The van der Waals surface area contributed by atoms with Crippen LogP contribution in [0.4, 0.5) is 0 Å². The second-order valence-corrected chi connectivity index (χ2v) is 6.84. The van der Waals surface area contributed by atoms with E-state index in [0.29, 0.717) is 37.0 Å². The molecule has 0 N–H and O–H groups in total. The van der Waals surface area contributed by atoms with E-state index in [9.17, 15) is 4.79 Å². The fourth-order valence-electron chi connectivity index (χ4n) is 3.54. The standard InChI is InChI=1S/C17H22N8O2/c1-11-15(27-12(2)20-11)17(26)24-6-4-13(5-7-24)16-22-21-14(23(16)3)8-25-10-18-9-19-25/h9-10,13H,4-8H2,1-3H3. The number of aryl methyl sites for hydroxylation is 2. The number of hydrogen-bond donors (Lipinski definition) is 0. The quantitative estimate of drug-likeness (QED) is 0.676. The Morgan fingerprint density at radius 3 is 2.67 bits per heavy atom. The first kappa shape index (κ1) is 17.4. The maximum Gasteiger partial charge on any atom is 0.291 e. The molecule has 0 aromatic carbocycles. The van der Waals surface area contributed by atoms with Crippen molar-refractivity contribution in [3.05, 3.63) is 41.6 Å². The van der Waals surface area contributed by atoms with Crippen molar-refractivity contribution in [1.29, 1.82) is 0 Å². The number of nitrogens with zero attached hydrogens (tertiary/aromatic N) is 8. The molecule has 1 aliphatic heterocycles. The van der Waals surface area contributed by atoms with Crippen LogP contribution in [0.2, 0.25) is 0 Å². The van der Waals surface area contributed by atoms with Gasteiger partial charge < -0.3 is 13.9 Å². The molecule has 0 spiro atoms. The van der Waals surface area contributed by atoms with E-state index in [-0.39, 0.29) is 11.8 Å². The highest BCUT2D eigenvalue weighted by Crippen LogP contribution is 2.28. The highest BCUT2D eigenvalue weighted by atomic mass is 16.4. The van der Waals surface area contributed by atoms with E-state index < -0.39 is 0 Å². The number of piperidine rings is 1. The zero-order valence-corrected chi connectivity index (χ0v) is 15.7. The molecule has 10 nitrogen and oxygen atoms in total. The van der Waals surface area contributed by atoms with Crippen molar-refractivity contribution in [1.82, 2.24) is 39.4 Å². The van der Waals surface area contributed by atoms with Crippen LogP contribution in [-0.2, 0) is 13.6 Å². The van der Waals surface area contributed by atoms with E-state index in [1.54, 1.807) is 24.9 Å². The Balaban J connectivity index is 1.41. The third-order valence-corrected chi connectivity index (χ3v) is 5.01. The van der Waals surface area contributed by atoms with Crippen LogP contribution in [0.3, 0.4) is 0 Å². The van der Waals surface area contributed by atoms with E-state index in [0.717, 1.165) is 24.5 Å². The SMILES string of the molecule is Cc1nc(C)c(C(=O)N2CCC(c3nnc(Cn4cncn4)n3C)CC2)o1. The number of likely N-dealkylation sites (tertiary alicyclic amines) is 1. The Kier molecular flexibility index (Phi) is 4.46. The zero-order valence-electron chi connectivity index (χ0n) is 15.7. The van der Waals surface area contributed by atoms with Crippen molar-refractivity contribution < 1.29 is 9.21 Å². The highest BCUT2D eigenvalue weighted by molar-refractivity contribution is 5.92. The number of oxazole rings is 1. The van der Waals surface area contributed by atoms with Crippen molar-refractivity contribution in [3.63, 3.8) is 0 Å². The third kappa shape index (κ3) is 3.34. The molecule has 4 heterocycles. The average molecular weight is 370 g/mol. The lowest BCUT2D eigenvalue weighted by molar-refractivity contribution is 0.0676. The molecule has 1 aliphatic rings. The molecule has 27 heavy (non-hydrogen) atoms. The zero-order chi connectivity index (χ0) is 19.0. The Labute approximate surface area is 156 Å². The summed E-state index contributed by atoms with van der Waals surface area (Å²) in [5.41, 5.74) is 0.644. The van der Waals surface area contributed by atoms with Gasteiger partial charge in [0.25, 0.3) is 5.91 Å². The lowest BCUT2D eigenvalue weighted by Crippen LogP contribution is -2.38. The molecule has 0 bridgehead atoms. The first-order valence-corrected chi connectivity index (χ1v) is 8.97. The average Bonchev–Trinajstić information content (AvgIpc) is 3.37. The van der Waals surface area contributed by atoms with Gasteiger partial charge in [0, 0.05) is 33.0 Å². The topological polar surface area (TPSA) is 108 Å². The molecule has 1 fully saturated rings. The number of aromatic nitrogens is 7. The summed E-state index contributed by atoms with van der Waals surface area (Å²) in [6.45, 7) is 5.40. The maximum atomic E-state index is 12.7. The lowest BCUT2D eigenvalue weighted by atomic mass is 9.95. The van der Waals surface area contributed by atoms with Gasteiger partial charge in [0.2, 0.25) is 5.76 Å². The van der Waals surface area contributed by atoms with E-state index >= 15 is 0 Å². The highest BCUT2D eigenvalue weighted by Gasteiger charge is 2.30. The van der Waals surface area contributed by atoms with Crippen LogP contribution in [0.15, 0.2) is 17.1 Å². The Morgan fingerprint density at radius 2 is 2.04 bits per heavy atom. The molecule has 10 heteroatoms. The fraction of sp³-hybridized carbons (Fsp3) is 0.529. The van der Waals surface area contributed by atoms with Gasteiger partial charge in [-0.25, -0.2) is 14.6 Å². The first-order chi connectivity index (χ1) is 13.0. The molecular weight excluding hydrogens is 348 g/mol. The number of carbonyl (C=O) groups excluding carboxylic acids is 1. The molecule has 3 aromatic rings. The van der Waals surface area contributed by atoms with Crippen LogP contribution in [-0.4, -0.2) is 58.4 Å². The molecule has 0 unspecified atom stereocenters. The van der Waals surface area contributed by atoms with Gasteiger partial charge in [0.15, 0.2) is 11.7 Å². The molecule has 1 amide bonds.